The van der Waals surface area contributed by atoms with Crippen LogP contribution in [0, 0.1) is 0 Å². The predicted molar refractivity (Wildman–Crippen MR) is 68.4 cm³/mol. The standard InChI is InChI=1S/C14H18OS/c1-15-12-6-5-7-13-11(12)10-14(16-13)8-3-2-4-9-14/h5-7H,2-4,8-10H2,1H3. The molecule has 0 bridgehead atoms. The highest BCUT2D eigenvalue weighted by Gasteiger charge is 2.40. The zero-order chi connectivity index (χ0) is 11.0. The summed E-state index contributed by atoms with van der Waals surface area (Å²) in [5, 5.41) is 0. The van der Waals surface area contributed by atoms with E-state index in [0.29, 0.717) is 4.75 Å². The molecule has 0 N–H and O–H groups in total. The number of thioether (sulfide) groups is 1. The summed E-state index contributed by atoms with van der Waals surface area (Å²) in [7, 11) is 1.78. The van der Waals surface area contributed by atoms with Crippen LogP contribution < -0.4 is 4.74 Å². The first-order valence-corrected chi connectivity index (χ1v) is 7.00. The second kappa shape index (κ2) is 3.99. The fraction of sp³-hybridized carbons (Fsp3) is 0.571. The van der Waals surface area contributed by atoms with Crippen LogP contribution in [0.1, 0.15) is 37.7 Å². The second-order valence-corrected chi connectivity index (χ2v) is 6.47. The number of methoxy groups -OCH3 is 1. The average Bonchev–Trinajstić information content (AvgIpc) is 2.67. The molecule has 2 heteroatoms. The maximum Gasteiger partial charge on any atom is 0.123 e. The molecule has 86 valence electrons. The highest BCUT2D eigenvalue weighted by atomic mass is 32.2. The molecule has 1 fully saturated rings. The van der Waals surface area contributed by atoms with E-state index in [9.17, 15) is 0 Å². The predicted octanol–water partition coefficient (Wildman–Crippen LogP) is 4.05. The smallest absolute Gasteiger partial charge is 0.123 e. The summed E-state index contributed by atoms with van der Waals surface area (Å²) in [4.78, 5) is 1.46. The molecule has 16 heavy (non-hydrogen) atoms. The van der Waals surface area contributed by atoms with Crippen LogP contribution in [0.2, 0.25) is 0 Å². The van der Waals surface area contributed by atoms with Crippen LogP contribution in [0.3, 0.4) is 0 Å². The van der Waals surface area contributed by atoms with Crippen LogP contribution in [0.15, 0.2) is 23.1 Å². The lowest BCUT2D eigenvalue weighted by Crippen LogP contribution is -2.26. The van der Waals surface area contributed by atoms with E-state index < -0.39 is 0 Å². The molecule has 1 spiro atoms. The van der Waals surface area contributed by atoms with Gasteiger partial charge in [-0.25, -0.2) is 0 Å². The molecule has 0 radical (unpaired) electrons. The van der Waals surface area contributed by atoms with E-state index in [4.69, 9.17) is 4.74 Å². The van der Waals surface area contributed by atoms with Gasteiger partial charge >= 0.3 is 0 Å². The maximum absolute atomic E-state index is 5.48. The van der Waals surface area contributed by atoms with Gasteiger partial charge in [0.25, 0.3) is 0 Å². The Hall–Kier alpha value is -0.630. The molecular formula is C14H18OS. The van der Waals surface area contributed by atoms with Crippen molar-refractivity contribution < 1.29 is 4.74 Å². The fourth-order valence-electron chi connectivity index (χ4n) is 3.07. The van der Waals surface area contributed by atoms with E-state index in [0.717, 1.165) is 5.75 Å². The molecule has 0 saturated heterocycles. The topological polar surface area (TPSA) is 9.23 Å². The van der Waals surface area contributed by atoms with Crippen LogP contribution in [-0.2, 0) is 6.42 Å². The van der Waals surface area contributed by atoms with Gasteiger partial charge in [0.15, 0.2) is 0 Å². The van der Waals surface area contributed by atoms with E-state index in [1.807, 2.05) is 0 Å². The van der Waals surface area contributed by atoms with Crippen molar-refractivity contribution in [3.8, 4) is 5.75 Å². The van der Waals surface area contributed by atoms with Crippen molar-refractivity contribution in [1.82, 2.24) is 0 Å². The van der Waals surface area contributed by atoms with Gasteiger partial charge in [-0.05, 0) is 31.4 Å². The van der Waals surface area contributed by atoms with E-state index in [1.54, 1.807) is 7.11 Å². The summed E-state index contributed by atoms with van der Waals surface area (Å²) in [5.41, 5.74) is 1.46. The molecule has 1 saturated carbocycles. The highest BCUT2D eigenvalue weighted by Crippen LogP contribution is 2.54. The molecule has 1 heterocycles. The lowest BCUT2D eigenvalue weighted by Gasteiger charge is -2.32. The van der Waals surface area contributed by atoms with Gasteiger partial charge in [-0.2, -0.15) is 0 Å². The van der Waals surface area contributed by atoms with Crippen LogP contribution in [0.25, 0.3) is 0 Å². The number of fused-ring (bicyclic) bond motifs is 1. The molecule has 0 atom stereocenters. The SMILES string of the molecule is COc1cccc2c1CC1(CCCCC1)S2. The van der Waals surface area contributed by atoms with Gasteiger partial charge in [-0.3, -0.25) is 0 Å². The largest absolute Gasteiger partial charge is 0.496 e. The number of hydrogen-bond acceptors (Lipinski definition) is 2. The summed E-state index contributed by atoms with van der Waals surface area (Å²) in [6.45, 7) is 0. The number of hydrogen-bond donors (Lipinski definition) is 0. The summed E-state index contributed by atoms with van der Waals surface area (Å²) in [6.07, 6.45) is 8.23. The first-order chi connectivity index (χ1) is 7.83. The lowest BCUT2D eigenvalue weighted by molar-refractivity contribution is 0.383. The van der Waals surface area contributed by atoms with Gasteiger partial charge in [0.1, 0.15) is 5.75 Å². The van der Waals surface area contributed by atoms with Crippen molar-refractivity contribution in [2.24, 2.45) is 0 Å². The fourth-order valence-corrected chi connectivity index (χ4v) is 4.69. The molecule has 1 aromatic carbocycles. The minimum Gasteiger partial charge on any atom is -0.496 e. The van der Waals surface area contributed by atoms with Gasteiger partial charge in [-0.15, -0.1) is 11.8 Å². The Morgan fingerprint density at radius 2 is 2.00 bits per heavy atom. The molecule has 0 amide bonds. The first kappa shape index (κ1) is 10.5. The molecule has 1 aliphatic heterocycles. The Morgan fingerprint density at radius 3 is 2.75 bits per heavy atom. The molecule has 1 aromatic rings. The quantitative estimate of drug-likeness (QED) is 0.725. The van der Waals surface area contributed by atoms with Crippen molar-refractivity contribution >= 4 is 11.8 Å². The van der Waals surface area contributed by atoms with Crippen molar-refractivity contribution in [2.75, 3.05) is 7.11 Å². The second-order valence-electron chi connectivity index (χ2n) is 4.96. The first-order valence-electron chi connectivity index (χ1n) is 6.18. The van der Waals surface area contributed by atoms with E-state index in [-0.39, 0.29) is 0 Å². The molecule has 0 unspecified atom stereocenters. The third-order valence-electron chi connectivity index (χ3n) is 3.90. The van der Waals surface area contributed by atoms with Gasteiger partial charge in [0.2, 0.25) is 0 Å². The zero-order valence-electron chi connectivity index (χ0n) is 9.79. The van der Waals surface area contributed by atoms with Crippen molar-refractivity contribution in [3.05, 3.63) is 23.8 Å². The Balaban J connectivity index is 1.93. The number of rotatable bonds is 1. The number of ether oxygens (including phenoxy) is 1. The lowest BCUT2D eigenvalue weighted by atomic mass is 9.84. The van der Waals surface area contributed by atoms with Gasteiger partial charge in [0, 0.05) is 15.2 Å². The Kier molecular flexibility index (Phi) is 2.62. The molecule has 1 aliphatic carbocycles. The zero-order valence-corrected chi connectivity index (χ0v) is 10.6. The van der Waals surface area contributed by atoms with Crippen LogP contribution in [0.4, 0.5) is 0 Å². The van der Waals surface area contributed by atoms with Gasteiger partial charge in [0.05, 0.1) is 7.11 Å². The normalized spacial score (nSPS) is 22.1. The van der Waals surface area contributed by atoms with Gasteiger partial charge < -0.3 is 4.74 Å². The minimum atomic E-state index is 0.509. The van der Waals surface area contributed by atoms with Crippen molar-refractivity contribution in [2.45, 2.75) is 48.2 Å². The highest BCUT2D eigenvalue weighted by molar-refractivity contribution is 8.01. The summed E-state index contributed by atoms with van der Waals surface area (Å²) < 4.78 is 5.99. The summed E-state index contributed by atoms with van der Waals surface area (Å²) in [5.74, 6) is 1.09. The third kappa shape index (κ3) is 1.64. The Morgan fingerprint density at radius 1 is 1.19 bits per heavy atom. The summed E-state index contributed by atoms with van der Waals surface area (Å²) >= 11 is 2.11. The van der Waals surface area contributed by atoms with Gasteiger partial charge in [-0.1, -0.05) is 25.3 Å². The van der Waals surface area contributed by atoms with Crippen LogP contribution in [-0.4, -0.2) is 11.9 Å². The van der Waals surface area contributed by atoms with E-state index in [2.05, 4.69) is 30.0 Å². The maximum atomic E-state index is 5.48. The molecule has 1 nitrogen and oxygen atoms in total. The van der Waals surface area contributed by atoms with Crippen LogP contribution >= 0.6 is 11.8 Å². The van der Waals surface area contributed by atoms with E-state index in [1.165, 1.54) is 49.0 Å². The minimum absolute atomic E-state index is 0.509. The molecule has 3 rings (SSSR count). The molecule has 2 aliphatic rings. The van der Waals surface area contributed by atoms with Crippen molar-refractivity contribution in [1.29, 1.82) is 0 Å². The third-order valence-corrected chi connectivity index (χ3v) is 5.49. The van der Waals surface area contributed by atoms with Crippen LogP contribution in [0.5, 0.6) is 5.75 Å². The number of benzene rings is 1. The summed E-state index contributed by atoms with van der Waals surface area (Å²) in [6, 6.07) is 6.47. The average molecular weight is 234 g/mol. The monoisotopic (exact) mass is 234 g/mol. The molecular weight excluding hydrogens is 216 g/mol. The Labute approximate surface area is 102 Å². The molecule has 0 aromatic heterocycles. The van der Waals surface area contributed by atoms with E-state index >= 15 is 0 Å². The van der Waals surface area contributed by atoms with Crippen molar-refractivity contribution in [3.63, 3.8) is 0 Å². The Bertz CT molecular complexity index is 394.